The summed E-state index contributed by atoms with van der Waals surface area (Å²) in [6.45, 7) is 3.85. The van der Waals surface area contributed by atoms with Gasteiger partial charge in [0.15, 0.2) is 5.78 Å². The monoisotopic (exact) mass is 503 g/mol. The number of halogens is 1. The number of hydrogen-bond donors (Lipinski definition) is 2. The van der Waals surface area contributed by atoms with Crippen LogP contribution in [0, 0.1) is 18.2 Å². The first-order valence-electron chi connectivity index (χ1n) is 11.0. The minimum Gasteiger partial charge on any atom is -0.322 e. The molecular formula is C27H22FN3O2S2. The molecule has 176 valence electrons. The van der Waals surface area contributed by atoms with Gasteiger partial charge in [-0.1, -0.05) is 30.0 Å². The van der Waals surface area contributed by atoms with Crippen molar-refractivity contribution in [1.29, 1.82) is 5.41 Å². The average molecular weight is 504 g/mol. The van der Waals surface area contributed by atoms with Gasteiger partial charge in [0.05, 0.1) is 15.9 Å². The highest BCUT2D eigenvalue weighted by Gasteiger charge is 2.43. The largest absolute Gasteiger partial charge is 0.322 e. The Labute approximate surface area is 211 Å². The van der Waals surface area contributed by atoms with Crippen LogP contribution in [-0.2, 0) is 4.79 Å². The summed E-state index contributed by atoms with van der Waals surface area (Å²) < 4.78 is 15.9. The molecule has 1 aromatic heterocycles. The number of thioether (sulfide) groups is 2. The zero-order chi connectivity index (χ0) is 24.7. The number of nitrogens with one attached hydrogen (secondary N) is 2. The summed E-state index contributed by atoms with van der Waals surface area (Å²) >= 11 is 2.79. The summed E-state index contributed by atoms with van der Waals surface area (Å²) in [6, 6.07) is 16.9. The topological polar surface area (TPSA) is 75.0 Å². The lowest BCUT2D eigenvalue weighted by molar-refractivity contribution is -0.113. The van der Waals surface area contributed by atoms with Crippen molar-refractivity contribution in [3.63, 3.8) is 0 Å². The Balaban J connectivity index is 1.46. The molecule has 0 radical (unpaired) electrons. The van der Waals surface area contributed by atoms with E-state index < -0.39 is 0 Å². The molecule has 8 heteroatoms. The molecule has 0 aliphatic carbocycles. The van der Waals surface area contributed by atoms with Gasteiger partial charge in [-0.25, -0.2) is 4.39 Å². The molecule has 2 aliphatic heterocycles. The zero-order valence-electron chi connectivity index (χ0n) is 19.1. The van der Waals surface area contributed by atoms with Gasteiger partial charge in [-0.2, -0.15) is 0 Å². The Morgan fingerprint density at radius 2 is 1.83 bits per heavy atom. The summed E-state index contributed by atoms with van der Waals surface area (Å²) in [4.78, 5) is 27.1. The fourth-order valence-corrected chi connectivity index (χ4v) is 6.87. The van der Waals surface area contributed by atoms with Gasteiger partial charge in [0.1, 0.15) is 11.7 Å². The minimum absolute atomic E-state index is 0.117. The van der Waals surface area contributed by atoms with Crippen LogP contribution in [0.1, 0.15) is 34.5 Å². The first-order chi connectivity index (χ1) is 16.8. The minimum atomic E-state index is -0.386. The van der Waals surface area contributed by atoms with Crippen LogP contribution in [0.25, 0.3) is 0 Å². The molecule has 0 spiro atoms. The highest BCUT2D eigenvalue weighted by Crippen LogP contribution is 2.53. The predicted molar refractivity (Wildman–Crippen MR) is 141 cm³/mol. The van der Waals surface area contributed by atoms with E-state index in [0.29, 0.717) is 17.0 Å². The van der Waals surface area contributed by atoms with E-state index in [9.17, 15) is 14.0 Å². The van der Waals surface area contributed by atoms with Gasteiger partial charge in [-0.15, -0.1) is 11.8 Å². The number of hydrogen-bond acceptors (Lipinski definition) is 5. The van der Waals surface area contributed by atoms with Gasteiger partial charge in [-0.3, -0.25) is 15.0 Å². The van der Waals surface area contributed by atoms with Crippen molar-refractivity contribution in [1.82, 2.24) is 4.57 Å². The third-order valence-electron chi connectivity index (χ3n) is 6.13. The van der Waals surface area contributed by atoms with Crippen LogP contribution in [0.5, 0.6) is 0 Å². The molecule has 5 nitrogen and oxygen atoms in total. The van der Waals surface area contributed by atoms with E-state index in [1.54, 1.807) is 4.57 Å². The molecule has 1 unspecified atom stereocenters. The number of carbonyl (C=O) groups is 2. The summed E-state index contributed by atoms with van der Waals surface area (Å²) in [5.41, 5.74) is 4.38. The van der Waals surface area contributed by atoms with Crippen molar-refractivity contribution in [2.75, 3.05) is 11.1 Å². The third-order valence-corrected chi connectivity index (χ3v) is 8.56. The van der Waals surface area contributed by atoms with E-state index >= 15 is 0 Å². The number of anilines is 1. The van der Waals surface area contributed by atoms with E-state index in [2.05, 4.69) is 5.32 Å². The maximum absolute atomic E-state index is 13.5. The smallest absolute Gasteiger partial charge is 0.253 e. The van der Waals surface area contributed by atoms with Crippen LogP contribution >= 0.6 is 23.5 Å². The van der Waals surface area contributed by atoms with Crippen molar-refractivity contribution in [2.45, 2.75) is 19.8 Å². The van der Waals surface area contributed by atoms with Crippen LogP contribution in [0.4, 0.5) is 10.1 Å². The fourth-order valence-electron chi connectivity index (χ4n) is 4.36. The number of nitrogens with zero attached hydrogens (tertiary/aromatic N) is 1. The second kappa shape index (κ2) is 9.36. The summed E-state index contributed by atoms with van der Waals surface area (Å²) in [5, 5.41) is 11.9. The molecule has 35 heavy (non-hydrogen) atoms. The van der Waals surface area contributed by atoms with E-state index in [-0.39, 0.29) is 29.2 Å². The van der Waals surface area contributed by atoms with Crippen molar-refractivity contribution < 1.29 is 14.0 Å². The number of rotatable bonds is 6. The van der Waals surface area contributed by atoms with Gasteiger partial charge in [-0.05, 0) is 66.8 Å². The SMILES string of the molecule is CC1=C(C(=O)Nc2ccccc2C)C2C(=C(SCC(=O)c3ccc(F)cc3)S1)C(=N)n1cccc12. The first kappa shape index (κ1) is 23.4. The Hall–Kier alpha value is -3.36. The molecule has 2 N–H and O–H groups in total. The van der Waals surface area contributed by atoms with E-state index in [0.717, 1.165) is 31.7 Å². The maximum atomic E-state index is 13.5. The van der Waals surface area contributed by atoms with Crippen molar-refractivity contribution in [3.8, 4) is 0 Å². The Bertz CT molecular complexity index is 1440. The quantitative estimate of drug-likeness (QED) is 0.385. The van der Waals surface area contributed by atoms with Crippen LogP contribution in [0.15, 0.2) is 87.1 Å². The highest BCUT2D eigenvalue weighted by atomic mass is 32.2. The van der Waals surface area contributed by atoms with Gasteiger partial charge in [0.25, 0.3) is 5.91 Å². The van der Waals surface area contributed by atoms with E-state index in [1.807, 2.05) is 56.4 Å². The van der Waals surface area contributed by atoms with Crippen LogP contribution in [-0.4, -0.2) is 27.8 Å². The maximum Gasteiger partial charge on any atom is 0.253 e. The number of carbonyl (C=O) groups excluding carboxylic acids is 2. The molecule has 3 heterocycles. The number of Topliss-reactive ketones (excluding diaryl/α,β-unsaturated/α-hetero) is 1. The van der Waals surface area contributed by atoms with Crippen molar-refractivity contribution >= 4 is 46.7 Å². The summed E-state index contributed by atoms with van der Waals surface area (Å²) in [5.74, 6) is -0.609. The number of amides is 1. The van der Waals surface area contributed by atoms with Gasteiger partial charge >= 0.3 is 0 Å². The number of fused-ring (bicyclic) bond motifs is 3. The number of para-hydroxylation sites is 1. The van der Waals surface area contributed by atoms with Gasteiger partial charge in [0, 0.05) is 34.3 Å². The number of ketones is 1. The fraction of sp³-hybridized carbons (Fsp3) is 0.148. The lowest BCUT2D eigenvalue weighted by Gasteiger charge is -2.26. The first-order valence-corrected chi connectivity index (χ1v) is 12.8. The average Bonchev–Trinajstić information content (AvgIpc) is 3.42. The number of benzene rings is 2. The molecule has 2 aliphatic rings. The lowest BCUT2D eigenvalue weighted by atomic mass is 9.89. The second-order valence-electron chi connectivity index (χ2n) is 8.35. The summed E-state index contributed by atoms with van der Waals surface area (Å²) in [7, 11) is 0. The molecule has 0 fully saturated rings. The second-order valence-corrected chi connectivity index (χ2v) is 10.8. The third kappa shape index (κ3) is 4.28. The molecule has 2 aromatic carbocycles. The molecule has 0 saturated heterocycles. The van der Waals surface area contributed by atoms with Crippen molar-refractivity contribution in [3.05, 3.63) is 110 Å². The standard InChI is InChI=1S/C27H22FN3O2S2/c1-15-6-3-4-7-19(15)30-26(33)22-16(2)35-27(24-23(22)20-8-5-13-31(20)25(24)29)34-14-21(32)17-9-11-18(28)12-10-17/h3-13,23,29H,14H2,1-2H3,(H,30,33). The highest BCUT2D eigenvalue weighted by molar-refractivity contribution is 8.24. The molecule has 1 atom stereocenters. The Morgan fingerprint density at radius 3 is 2.57 bits per heavy atom. The van der Waals surface area contributed by atoms with Crippen LogP contribution in [0.3, 0.4) is 0 Å². The number of allylic oxidation sites excluding steroid dienone is 2. The van der Waals surface area contributed by atoms with Crippen molar-refractivity contribution in [2.24, 2.45) is 0 Å². The lowest BCUT2D eigenvalue weighted by Crippen LogP contribution is -2.23. The molecule has 0 saturated carbocycles. The van der Waals surface area contributed by atoms with Gasteiger partial charge < -0.3 is 9.88 Å². The predicted octanol–water partition coefficient (Wildman–Crippen LogP) is 6.35. The molecule has 0 bridgehead atoms. The number of aryl methyl sites for hydroxylation is 1. The van der Waals surface area contributed by atoms with E-state index in [4.69, 9.17) is 5.41 Å². The Kier molecular flexibility index (Phi) is 6.25. The molecule has 1 amide bonds. The Morgan fingerprint density at radius 1 is 1.09 bits per heavy atom. The zero-order valence-corrected chi connectivity index (χ0v) is 20.7. The number of aromatic nitrogens is 1. The normalized spacial score (nSPS) is 16.9. The molecule has 5 rings (SSSR count). The molecule has 3 aromatic rings. The summed E-state index contributed by atoms with van der Waals surface area (Å²) in [6.07, 6.45) is 1.83. The van der Waals surface area contributed by atoms with Gasteiger partial charge in [0.2, 0.25) is 0 Å². The van der Waals surface area contributed by atoms with Crippen LogP contribution < -0.4 is 5.32 Å². The van der Waals surface area contributed by atoms with E-state index in [1.165, 1.54) is 47.8 Å². The van der Waals surface area contributed by atoms with Crippen LogP contribution in [0.2, 0.25) is 0 Å². The molecular weight excluding hydrogens is 481 g/mol.